The van der Waals surface area contributed by atoms with Crippen molar-refractivity contribution >= 4 is 15.6 Å². The van der Waals surface area contributed by atoms with E-state index < -0.39 is 9.84 Å². The maximum Gasteiger partial charge on any atom is 0.178 e. The van der Waals surface area contributed by atoms with Crippen LogP contribution in [0.3, 0.4) is 0 Å². The van der Waals surface area contributed by atoms with Crippen LogP contribution in [-0.4, -0.2) is 20.0 Å². The number of benzene rings is 1. The van der Waals surface area contributed by atoms with Gasteiger partial charge in [0.2, 0.25) is 0 Å². The van der Waals surface area contributed by atoms with Crippen LogP contribution in [0, 0.1) is 11.8 Å². The van der Waals surface area contributed by atoms with Gasteiger partial charge < -0.3 is 0 Å². The highest BCUT2D eigenvalue weighted by Gasteiger charge is 2.31. The monoisotopic (exact) mass is 266 g/mol. The quantitative estimate of drug-likeness (QED) is 0.841. The topological polar surface area (TPSA) is 51.2 Å². The lowest BCUT2D eigenvalue weighted by atomic mass is 10.0. The van der Waals surface area contributed by atoms with E-state index in [1.54, 1.807) is 30.3 Å². The van der Waals surface area contributed by atoms with Crippen LogP contribution in [0.25, 0.3) is 0 Å². The molecule has 0 aromatic heterocycles. The molecule has 0 amide bonds. The van der Waals surface area contributed by atoms with Gasteiger partial charge in [0.1, 0.15) is 5.78 Å². The molecule has 1 aliphatic rings. The van der Waals surface area contributed by atoms with E-state index >= 15 is 0 Å². The number of rotatable bonds is 4. The van der Waals surface area contributed by atoms with Gasteiger partial charge >= 0.3 is 0 Å². The third-order valence-electron chi connectivity index (χ3n) is 3.67. The van der Waals surface area contributed by atoms with Crippen molar-refractivity contribution in [2.24, 2.45) is 11.8 Å². The van der Waals surface area contributed by atoms with Crippen LogP contribution in [0.2, 0.25) is 0 Å². The van der Waals surface area contributed by atoms with E-state index in [9.17, 15) is 13.2 Å². The predicted molar refractivity (Wildman–Crippen MR) is 70.0 cm³/mol. The van der Waals surface area contributed by atoms with Gasteiger partial charge in [-0.15, -0.1) is 0 Å². The van der Waals surface area contributed by atoms with Crippen LogP contribution in [0.15, 0.2) is 35.2 Å². The van der Waals surface area contributed by atoms with Crippen molar-refractivity contribution in [1.82, 2.24) is 0 Å². The Morgan fingerprint density at radius 3 is 2.39 bits per heavy atom. The van der Waals surface area contributed by atoms with Gasteiger partial charge in [-0.05, 0) is 31.4 Å². The molecule has 0 spiro atoms. The van der Waals surface area contributed by atoms with Gasteiger partial charge in [0.15, 0.2) is 9.84 Å². The first kappa shape index (κ1) is 13.3. The Kier molecular flexibility index (Phi) is 3.85. The van der Waals surface area contributed by atoms with E-state index in [0.29, 0.717) is 11.3 Å². The maximum absolute atomic E-state index is 12.1. The van der Waals surface area contributed by atoms with E-state index in [4.69, 9.17) is 0 Å². The highest BCUT2D eigenvalue weighted by Crippen LogP contribution is 2.30. The first-order valence-corrected chi connectivity index (χ1v) is 7.97. The number of Topliss-reactive ketones (excluding diaryl/α,β-unsaturated/α-hetero) is 1. The van der Waals surface area contributed by atoms with Crippen molar-refractivity contribution in [3.05, 3.63) is 30.3 Å². The predicted octanol–water partition coefficient (Wildman–Crippen LogP) is 2.47. The van der Waals surface area contributed by atoms with Gasteiger partial charge in [0.05, 0.1) is 10.6 Å². The van der Waals surface area contributed by atoms with E-state index in [0.717, 1.165) is 12.8 Å². The molecule has 1 aromatic carbocycles. The molecule has 1 aliphatic carbocycles. The van der Waals surface area contributed by atoms with E-state index in [1.807, 2.05) is 6.92 Å². The first-order chi connectivity index (χ1) is 8.50. The Balaban J connectivity index is 2.01. The van der Waals surface area contributed by atoms with Gasteiger partial charge in [-0.1, -0.05) is 25.1 Å². The molecule has 0 aliphatic heterocycles. The Morgan fingerprint density at radius 2 is 1.83 bits per heavy atom. The SMILES string of the molecule is CC1CCC(CCS(=O)(=O)c2ccccc2)C1=O. The third kappa shape index (κ3) is 2.80. The number of carbonyl (C=O) groups excluding carboxylic acids is 1. The average Bonchev–Trinajstić information content (AvgIpc) is 2.69. The summed E-state index contributed by atoms with van der Waals surface area (Å²) < 4.78 is 24.1. The summed E-state index contributed by atoms with van der Waals surface area (Å²) >= 11 is 0. The van der Waals surface area contributed by atoms with Crippen LogP contribution < -0.4 is 0 Å². The molecule has 0 N–H and O–H groups in total. The molecule has 4 heteroatoms. The molecule has 98 valence electrons. The molecule has 2 unspecified atom stereocenters. The van der Waals surface area contributed by atoms with Crippen molar-refractivity contribution in [3.63, 3.8) is 0 Å². The molecular formula is C14H18O3S. The van der Waals surface area contributed by atoms with Crippen molar-refractivity contribution in [2.45, 2.75) is 31.1 Å². The molecule has 1 saturated carbocycles. The van der Waals surface area contributed by atoms with E-state index in [-0.39, 0.29) is 23.4 Å². The second-order valence-electron chi connectivity index (χ2n) is 5.00. The summed E-state index contributed by atoms with van der Waals surface area (Å²) in [6, 6.07) is 8.44. The van der Waals surface area contributed by atoms with Gasteiger partial charge in [0, 0.05) is 11.8 Å². The second-order valence-corrected chi connectivity index (χ2v) is 7.11. The summed E-state index contributed by atoms with van der Waals surface area (Å²) in [6.07, 6.45) is 2.19. The van der Waals surface area contributed by atoms with Crippen LogP contribution in [0.1, 0.15) is 26.2 Å². The third-order valence-corrected chi connectivity index (χ3v) is 5.44. The zero-order valence-corrected chi connectivity index (χ0v) is 11.3. The fraction of sp³-hybridized carbons (Fsp3) is 0.500. The Bertz CT molecular complexity index is 519. The number of hydrogen-bond acceptors (Lipinski definition) is 3. The summed E-state index contributed by atoms with van der Waals surface area (Å²) in [6.45, 7) is 1.92. The minimum Gasteiger partial charge on any atom is -0.299 e. The Morgan fingerprint density at radius 1 is 1.17 bits per heavy atom. The van der Waals surface area contributed by atoms with E-state index in [2.05, 4.69) is 0 Å². The van der Waals surface area contributed by atoms with Crippen LogP contribution in [0.4, 0.5) is 0 Å². The van der Waals surface area contributed by atoms with Crippen LogP contribution in [-0.2, 0) is 14.6 Å². The molecule has 0 saturated heterocycles. The molecule has 1 fully saturated rings. The Hall–Kier alpha value is -1.16. The van der Waals surface area contributed by atoms with Gasteiger partial charge in [-0.3, -0.25) is 4.79 Å². The molecule has 1 aromatic rings. The smallest absolute Gasteiger partial charge is 0.178 e. The second kappa shape index (κ2) is 5.22. The minimum atomic E-state index is -3.24. The number of ketones is 1. The maximum atomic E-state index is 12.1. The number of sulfone groups is 1. The zero-order valence-electron chi connectivity index (χ0n) is 10.5. The summed E-state index contributed by atoms with van der Waals surface area (Å²) in [5.41, 5.74) is 0. The van der Waals surface area contributed by atoms with Crippen molar-refractivity contribution in [1.29, 1.82) is 0 Å². The largest absolute Gasteiger partial charge is 0.299 e. The first-order valence-electron chi connectivity index (χ1n) is 6.32. The molecule has 3 nitrogen and oxygen atoms in total. The molecule has 2 atom stereocenters. The molecular weight excluding hydrogens is 248 g/mol. The lowest BCUT2D eigenvalue weighted by Gasteiger charge is -2.09. The lowest BCUT2D eigenvalue weighted by Crippen LogP contribution is -2.16. The molecule has 0 radical (unpaired) electrons. The van der Waals surface area contributed by atoms with Crippen molar-refractivity contribution < 1.29 is 13.2 Å². The highest BCUT2D eigenvalue weighted by molar-refractivity contribution is 7.91. The molecule has 2 rings (SSSR count). The highest BCUT2D eigenvalue weighted by atomic mass is 32.2. The fourth-order valence-corrected chi connectivity index (χ4v) is 3.87. The zero-order chi connectivity index (χ0) is 13.2. The van der Waals surface area contributed by atoms with Crippen LogP contribution in [0.5, 0.6) is 0 Å². The molecule has 18 heavy (non-hydrogen) atoms. The molecule has 0 heterocycles. The van der Waals surface area contributed by atoms with Crippen LogP contribution >= 0.6 is 0 Å². The van der Waals surface area contributed by atoms with Gasteiger partial charge in [-0.25, -0.2) is 8.42 Å². The normalized spacial score (nSPS) is 24.4. The summed E-state index contributed by atoms with van der Waals surface area (Å²) in [7, 11) is -3.24. The summed E-state index contributed by atoms with van der Waals surface area (Å²) in [4.78, 5) is 12.1. The van der Waals surface area contributed by atoms with Gasteiger partial charge in [-0.2, -0.15) is 0 Å². The van der Waals surface area contributed by atoms with Crippen molar-refractivity contribution in [3.8, 4) is 0 Å². The van der Waals surface area contributed by atoms with E-state index in [1.165, 1.54) is 0 Å². The summed E-state index contributed by atoms with van der Waals surface area (Å²) in [5, 5.41) is 0. The standard InChI is InChI=1S/C14H18O3S/c1-11-7-8-12(14(11)15)9-10-18(16,17)13-5-3-2-4-6-13/h2-6,11-12H,7-10H2,1H3. The fourth-order valence-electron chi connectivity index (χ4n) is 2.47. The number of hydrogen-bond donors (Lipinski definition) is 0. The van der Waals surface area contributed by atoms with Crippen molar-refractivity contribution in [2.75, 3.05) is 5.75 Å². The molecule has 0 bridgehead atoms. The Labute approximate surface area is 108 Å². The lowest BCUT2D eigenvalue weighted by molar-refractivity contribution is -0.123. The summed E-state index contributed by atoms with van der Waals surface area (Å²) in [5.74, 6) is 0.353. The number of carbonyl (C=O) groups is 1. The average molecular weight is 266 g/mol. The van der Waals surface area contributed by atoms with Gasteiger partial charge in [0.25, 0.3) is 0 Å². The minimum absolute atomic E-state index is 0.0570.